The fourth-order valence-corrected chi connectivity index (χ4v) is 3.05. The van der Waals surface area contributed by atoms with E-state index >= 15 is 0 Å². The van der Waals surface area contributed by atoms with Crippen LogP contribution >= 0.6 is 11.3 Å². The largest absolute Gasteiger partial charge is 0.458 e. The third-order valence-corrected chi connectivity index (χ3v) is 4.38. The molecule has 0 spiro atoms. The number of hydrogen-bond donors (Lipinski definition) is 2. The molecule has 0 saturated heterocycles. The lowest BCUT2D eigenvalue weighted by Gasteiger charge is -2.14. The average Bonchev–Trinajstić information content (AvgIpc) is 3.29. The second-order valence-electron chi connectivity index (χ2n) is 5.48. The Morgan fingerprint density at radius 2 is 1.96 bits per heavy atom. The van der Waals surface area contributed by atoms with Crippen molar-refractivity contribution in [3.8, 4) is 11.3 Å². The lowest BCUT2D eigenvalue weighted by atomic mass is 10.1. The number of aliphatic hydroxyl groups is 1. The molecule has 0 bridgehead atoms. The van der Waals surface area contributed by atoms with Crippen molar-refractivity contribution in [2.24, 2.45) is 0 Å². The summed E-state index contributed by atoms with van der Waals surface area (Å²) in [5.41, 5.74) is -0.660. The van der Waals surface area contributed by atoms with Crippen molar-refractivity contribution >= 4 is 17.2 Å². The fourth-order valence-electron chi connectivity index (χ4n) is 2.41. The Hall–Kier alpha value is -2.58. The standard InChI is InChI=1S/C18H14F3NO3S/c19-18(20,21)13-4-2-1-3-12(13)17(24)22-9-14(23)16-6-5-15(25-16)11-7-8-26-10-11/h1-8,10,14,23H,9H2,(H,22,24). The number of benzene rings is 1. The SMILES string of the molecule is O=C(NCC(O)c1ccc(-c2ccsc2)o1)c1ccccc1C(F)(F)F. The molecule has 1 aromatic carbocycles. The molecule has 3 rings (SSSR count). The van der Waals surface area contributed by atoms with Crippen molar-refractivity contribution in [2.75, 3.05) is 6.54 Å². The highest BCUT2D eigenvalue weighted by Gasteiger charge is 2.34. The van der Waals surface area contributed by atoms with Gasteiger partial charge in [-0.3, -0.25) is 4.79 Å². The predicted octanol–water partition coefficient (Wildman–Crippen LogP) is 4.49. The number of furan rings is 1. The molecule has 2 heterocycles. The van der Waals surface area contributed by atoms with Crippen LogP contribution < -0.4 is 5.32 Å². The molecule has 26 heavy (non-hydrogen) atoms. The average molecular weight is 381 g/mol. The fraction of sp³-hybridized carbons (Fsp3) is 0.167. The van der Waals surface area contributed by atoms with E-state index in [0.29, 0.717) is 5.76 Å². The quantitative estimate of drug-likeness (QED) is 0.685. The maximum Gasteiger partial charge on any atom is 0.417 e. The van der Waals surface area contributed by atoms with Gasteiger partial charge in [0.25, 0.3) is 5.91 Å². The lowest BCUT2D eigenvalue weighted by Crippen LogP contribution is -2.30. The van der Waals surface area contributed by atoms with Crippen LogP contribution in [0.25, 0.3) is 11.3 Å². The minimum atomic E-state index is -4.64. The summed E-state index contributed by atoms with van der Waals surface area (Å²) in [6, 6.07) is 9.59. The van der Waals surface area contributed by atoms with Gasteiger partial charge in [0.2, 0.25) is 0 Å². The van der Waals surface area contributed by atoms with Gasteiger partial charge < -0.3 is 14.8 Å². The number of carbonyl (C=O) groups is 1. The van der Waals surface area contributed by atoms with E-state index in [1.54, 1.807) is 12.1 Å². The minimum Gasteiger partial charge on any atom is -0.458 e. The Morgan fingerprint density at radius 3 is 2.65 bits per heavy atom. The molecule has 0 saturated carbocycles. The van der Waals surface area contributed by atoms with Crippen molar-refractivity contribution in [3.63, 3.8) is 0 Å². The first-order chi connectivity index (χ1) is 12.4. The van der Waals surface area contributed by atoms with Crippen LogP contribution in [0, 0.1) is 0 Å². The molecule has 0 aliphatic rings. The van der Waals surface area contributed by atoms with Crippen molar-refractivity contribution in [3.05, 3.63) is 70.1 Å². The van der Waals surface area contributed by atoms with Crippen LogP contribution in [0.15, 0.2) is 57.6 Å². The first kappa shape index (κ1) is 18.2. The zero-order chi connectivity index (χ0) is 18.7. The summed E-state index contributed by atoms with van der Waals surface area (Å²) in [5, 5.41) is 16.2. The Labute approximate surface area is 150 Å². The van der Waals surface area contributed by atoms with Crippen molar-refractivity contribution in [2.45, 2.75) is 12.3 Å². The third-order valence-electron chi connectivity index (χ3n) is 3.69. The Bertz CT molecular complexity index is 887. The normalized spacial score (nSPS) is 12.8. The highest BCUT2D eigenvalue weighted by Crippen LogP contribution is 2.32. The zero-order valence-electron chi connectivity index (χ0n) is 13.3. The number of alkyl halides is 3. The van der Waals surface area contributed by atoms with Crippen LogP contribution in [0.5, 0.6) is 0 Å². The van der Waals surface area contributed by atoms with Crippen LogP contribution in [0.1, 0.15) is 27.8 Å². The Kier molecular flexibility index (Phi) is 5.15. The van der Waals surface area contributed by atoms with Crippen LogP contribution in [0.4, 0.5) is 13.2 Å². The topological polar surface area (TPSA) is 62.5 Å². The van der Waals surface area contributed by atoms with Gasteiger partial charge in [-0.25, -0.2) is 0 Å². The first-order valence-electron chi connectivity index (χ1n) is 7.61. The van der Waals surface area contributed by atoms with E-state index in [1.165, 1.54) is 23.5 Å². The predicted molar refractivity (Wildman–Crippen MR) is 90.8 cm³/mol. The molecule has 3 aromatic rings. The summed E-state index contributed by atoms with van der Waals surface area (Å²) < 4.78 is 44.4. The lowest BCUT2D eigenvalue weighted by molar-refractivity contribution is -0.137. The number of hydrogen-bond acceptors (Lipinski definition) is 4. The van der Waals surface area contributed by atoms with E-state index in [1.807, 2.05) is 16.8 Å². The van der Waals surface area contributed by atoms with E-state index < -0.39 is 29.3 Å². The van der Waals surface area contributed by atoms with Crippen molar-refractivity contribution in [1.82, 2.24) is 5.32 Å². The van der Waals surface area contributed by atoms with Crippen LogP contribution in [0.2, 0.25) is 0 Å². The summed E-state index contributed by atoms with van der Waals surface area (Å²) in [4.78, 5) is 12.1. The van der Waals surface area contributed by atoms with E-state index in [4.69, 9.17) is 4.42 Å². The van der Waals surface area contributed by atoms with E-state index in [0.717, 1.165) is 17.7 Å². The maximum absolute atomic E-state index is 13.0. The number of nitrogens with one attached hydrogen (secondary N) is 1. The molecule has 1 amide bonds. The number of halogens is 3. The molecule has 0 radical (unpaired) electrons. The summed E-state index contributed by atoms with van der Waals surface area (Å²) in [6.45, 7) is -0.276. The van der Waals surface area contributed by atoms with Gasteiger partial charge in [-0.2, -0.15) is 24.5 Å². The number of aliphatic hydroxyl groups excluding tert-OH is 1. The van der Waals surface area contributed by atoms with Gasteiger partial charge in [-0.05, 0) is 35.7 Å². The maximum atomic E-state index is 13.0. The summed E-state index contributed by atoms with van der Waals surface area (Å²) in [7, 11) is 0. The Balaban J connectivity index is 1.67. The van der Waals surface area contributed by atoms with Crippen LogP contribution in [0.3, 0.4) is 0 Å². The number of carbonyl (C=O) groups excluding carboxylic acids is 1. The van der Waals surface area contributed by atoms with Gasteiger partial charge in [-0.15, -0.1) is 0 Å². The summed E-state index contributed by atoms with van der Waals surface area (Å²) in [6.07, 6.45) is -5.81. The minimum absolute atomic E-state index is 0.218. The van der Waals surface area contributed by atoms with Gasteiger partial charge in [0, 0.05) is 10.9 Å². The third kappa shape index (κ3) is 3.97. The van der Waals surface area contributed by atoms with E-state index in [2.05, 4.69) is 5.32 Å². The highest BCUT2D eigenvalue weighted by atomic mass is 32.1. The molecule has 0 fully saturated rings. The molecule has 4 nitrogen and oxygen atoms in total. The van der Waals surface area contributed by atoms with Crippen molar-refractivity contribution in [1.29, 1.82) is 0 Å². The second kappa shape index (κ2) is 7.35. The van der Waals surface area contributed by atoms with Gasteiger partial charge in [0.1, 0.15) is 17.6 Å². The molecule has 2 aromatic heterocycles. The van der Waals surface area contributed by atoms with Gasteiger partial charge in [0.15, 0.2) is 0 Å². The first-order valence-corrected chi connectivity index (χ1v) is 8.55. The molecule has 1 unspecified atom stereocenters. The van der Waals surface area contributed by atoms with Gasteiger partial charge in [0.05, 0.1) is 17.7 Å². The molecule has 1 atom stereocenters. The van der Waals surface area contributed by atoms with Gasteiger partial charge >= 0.3 is 6.18 Å². The molecule has 2 N–H and O–H groups in total. The van der Waals surface area contributed by atoms with Crippen LogP contribution in [-0.2, 0) is 6.18 Å². The summed E-state index contributed by atoms with van der Waals surface area (Å²) in [5.74, 6) is -0.133. The van der Waals surface area contributed by atoms with Gasteiger partial charge in [-0.1, -0.05) is 12.1 Å². The van der Waals surface area contributed by atoms with Crippen molar-refractivity contribution < 1.29 is 27.5 Å². The zero-order valence-corrected chi connectivity index (χ0v) is 14.1. The summed E-state index contributed by atoms with van der Waals surface area (Å²) >= 11 is 1.50. The Morgan fingerprint density at radius 1 is 1.19 bits per heavy atom. The molecular formula is C18H14F3NO3S. The number of rotatable bonds is 5. The molecule has 0 aliphatic heterocycles. The molecular weight excluding hydrogens is 367 g/mol. The van der Waals surface area contributed by atoms with E-state index in [-0.39, 0.29) is 12.3 Å². The monoisotopic (exact) mass is 381 g/mol. The highest BCUT2D eigenvalue weighted by molar-refractivity contribution is 7.08. The molecule has 8 heteroatoms. The van der Waals surface area contributed by atoms with E-state index in [9.17, 15) is 23.1 Å². The number of thiophene rings is 1. The molecule has 136 valence electrons. The second-order valence-corrected chi connectivity index (χ2v) is 6.26. The van der Waals surface area contributed by atoms with Crippen LogP contribution in [-0.4, -0.2) is 17.6 Å². The number of amides is 1. The molecule has 0 aliphatic carbocycles. The smallest absolute Gasteiger partial charge is 0.417 e.